The second-order valence-corrected chi connectivity index (χ2v) is 4.64. The summed E-state index contributed by atoms with van der Waals surface area (Å²) in [5, 5.41) is 3.61. The van der Waals surface area contributed by atoms with Gasteiger partial charge in [-0.2, -0.15) is 0 Å². The zero-order valence-corrected chi connectivity index (χ0v) is 12.7. The summed E-state index contributed by atoms with van der Waals surface area (Å²) in [7, 11) is 0. The van der Waals surface area contributed by atoms with E-state index < -0.39 is 5.91 Å². The zero-order chi connectivity index (χ0) is 16.0. The van der Waals surface area contributed by atoms with Gasteiger partial charge in [-0.15, -0.1) is 0 Å². The lowest BCUT2D eigenvalue weighted by molar-refractivity contribution is -0.114. The number of nitrogens with zero attached hydrogens (tertiary/aromatic N) is 2. The fourth-order valence-electron chi connectivity index (χ4n) is 1.73. The molecule has 0 saturated heterocycles. The first-order chi connectivity index (χ1) is 9.90. The number of rotatable bonds is 5. The summed E-state index contributed by atoms with van der Waals surface area (Å²) < 4.78 is 0. The fraction of sp³-hybridized carbons (Fsp3) is 0.214. The van der Waals surface area contributed by atoms with Gasteiger partial charge in [0, 0.05) is 17.1 Å². The van der Waals surface area contributed by atoms with Crippen LogP contribution in [0.2, 0.25) is 5.02 Å². The molecule has 0 unspecified atom stereocenters. The number of amides is 1. The van der Waals surface area contributed by atoms with Crippen molar-refractivity contribution in [2.24, 2.45) is 21.5 Å². The first-order valence-corrected chi connectivity index (χ1v) is 6.63. The van der Waals surface area contributed by atoms with E-state index in [9.17, 15) is 4.79 Å². The molecule has 0 spiro atoms. The van der Waals surface area contributed by atoms with Crippen molar-refractivity contribution in [3.63, 3.8) is 0 Å². The molecule has 6 nitrogen and oxygen atoms in total. The van der Waals surface area contributed by atoms with Crippen LogP contribution in [0.4, 0.5) is 0 Å². The van der Waals surface area contributed by atoms with Gasteiger partial charge in [-0.05, 0) is 38.3 Å². The predicted octanol–water partition coefficient (Wildman–Crippen LogP) is 1.43. The van der Waals surface area contributed by atoms with Crippen LogP contribution in [-0.4, -0.2) is 25.1 Å². The number of aliphatic imine (C=N–C) groups is 2. The topological polar surface area (TPSA) is 106 Å². The number of nitrogens with two attached hydrogens (primary N) is 2. The van der Waals surface area contributed by atoms with Crippen molar-refractivity contribution in [1.29, 1.82) is 0 Å². The van der Waals surface area contributed by atoms with Crippen LogP contribution >= 0.6 is 11.6 Å². The second-order valence-electron chi connectivity index (χ2n) is 4.21. The van der Waals surface area contributed by atoms with Crippen molar-refractivity contribution in [2.75, 3.05) is 6.54 Å². The Morgan fingerprint density at radius 1 is 1.43 bits per heavy atom. The minimum atomic E-state index is -0.725. The highest BCUT2D eigenvalue weighted by Gasteiger charge is 2.16. The van der Waals surface area contributed by atoms with Crippen LogP contribution in [0.25, 0.3) is 5.70 Å². The molecule has 1 aromatic rings. The molecule has 0 aromatic heterocycles. The van der Waals surface area contributed by atoms with Gasteiger partial charge in [0.05, 0.1) is 5.70 Å². The van der Waals surface area contributed by atoms with Crippen molar-refractivity contribution in [2.45, 2.75) is 13.8 Å². The third-order valence-electron chi connectivity index (χ3n) is 2.68. The molecular formula is C14H18ClN5O. The Kier molecular flexibility index (Phi) is 5.92. The highest BCUT2D eigenvalue weighted by Crippen LogP contribution is 2.24. The molecular weight excluding hydrogens is 290 g/mol. The molecule has 0 aliphatic carbocycles. The predicted molar refractivity (Wildman–Crippen MR) is 87.2 cm³/mol. The highest BCUT2D eigenvalue weighted by atomic mass is 35.5. The van der Waals surface area contributed by atoms with Gasteiger partial charge in [-0.25, -0.2) is 9.98 Å². The van der Waals surface area contributed by atoms with Crippen molar-refractivity contribution >= 4 is 35.9 Å². The first kappa shape index (κ1) is 16.7. The number of benzene rings is 1. The van der Waals surface area contributed by atoms with Gasteiger partial charge in [-0.1, -0.05) is 17.7 Å². The van der Waals surface area contributed by atoms with Crippen LogP contribution in [0.5, 0.6) is 0 Å². The molecule has 0 atom stereocenters. The molecule has 0 fully saturated rings. The van der Waals surface area contributed by atoms with Gasteiger partial charge in [0.1, 0.15) is 0 Å². The number of hydrogen-bond acceptors (Lipinski definition) is 3. The molecule has 0 aliphatic heterocycles. The minimum absolute atomic E-state index is 0.0212. The molecule has 112 valence electrons. The molecule has 0 saturated carbocycles. The van der Waals surface area contributed by atoms with Gasteiger partial charge < -0.3 is 16.8 Å². The Labute approximate surface area is 128 Å². The molecule has 0 bridgehead atoms. The van der Waals surface area contributed by atoms with E-state index in [1.807, 2.05) is 19.9 Å². The number of primary amides is 1. The smallest absolute Gasteiger partial charge is 0.269 e. The van der Waals surface area contributed by atoms with Crippen LogP contribution < -0.4 is 16.8 Å². The summed E-state index contributed by atoms with van der Waals surface area (Å²) in [6, 6.07) is 5.33. The maximum absolute atomic E-state index is 11.7. The largest absolute Gasteiger partial charge is 0.383 e. The fourth-order valence-corrected chi connectivity index (χ4v) is 1.90. The summed E-state index contributed by atoms with van der Waals surface area (Å²) >= 11 is 6.02. The van der Waals surface area contributed by atoms with Gasteiger partial charge in [-0.3, -0.25) is 4.79 Å². The molecule has 7 heteroatoms. The van der Waals surface area contributed by atoms with E-state index in [-0.39, 0.29) is 11.7 Å². The Morgan fingerprint density at radius 2 is 2.10 bits per heavy atom. The van der Waals surface area contributed by atoms with Crippen LogP contribution in [0.1, 0.15) is 18.1 Å². The van der Waals surface area contributed by atoms with Gasteiger partial charge >= 0.3 is 0 Å². The maximum atomic E-state index is 11.7. The van der Waals surface area contributed by atoms with Crippen molar-refractivity contribution in [3.8, 4) is 0 Å². The standard InChI is InChI=1S/C14H18ClN5O/c1-4-19-11(10-7-9(15)6-5-8(10)2)12(13(16)21)20-14(17)18-3/h5-7,19H,3-4H2,1-2H3,(H2,16,21)(H2,17,20)/b12-11-. The summed E-state index contributed by atoms with van der Waals surface area (Å²) in [4.78, 5) is 19.1. The lowest BCUT2D eigenvalue weighted by Gasteiger charge is -2.15. The lowest BCUT2D eigenvalue weighted by Crippen LogP contribution is -2.23. The zero-order valence-electron chi connectivity index (χ0n) is 12.0. The molecule has 1 amide bonds. The summed E-state index contributed by atoms with van der Waals surface area (Å²) in [5.74, 6) is -0.865. The number of nitrogens with one attached hydrogen (secondary N) is 1. The Hall–Kier alpha value is -2.34. The van der Waals surface area contributed by atoms with Crippen molar-refractivity contribution in [3.05, 3.63) is 40.0 Å². The van der Waals surface area contributed by atoms with Crippen LogP contribution in [0.15, 0.2) is 33.9 Å². The monoisotopic (exact) mass is 307 g/mol. The number of halogens is 1. The highest BCUT2D eigenvalue weighted by molar-refractivity contribution is 6.30. The molecule has 21 heavy (non-hydrogen) atoms. The summed E-state index contributed by atoms with van der Waals surface area (Å²) in [5.41, 5.74) is 13.0. The average molecular weight is 308 g/mol. The molecule has 1 aromatic carbocycles. The number of carbonyl (C=O) groups excluding carboxylic acids is 1. The van der Waals surface area contributed by atoms with Crippen LogP contribution in [-0.2, 0) is 4.79 Å². The third kappa shape index (κ3) is 4.32. The van der Waals surface area contributed by atoms with Crippen molar-refractivity contribution < 1.29 is 4.79 Å². The van der Waals surface area contributed by atoms with E-state index in [1.54, 1.807) is 12.1 Å². The molecule has 1 rings (SSSR count). The van der Waals surface area contributed by atoms with Crippen LogP contribution in [0.3, 0.4) is 0 Å². The lowest BCUT2D eigenvalue weighted by atomic mass is 10.0. The first-order valence-electron chi connectivity index (χ1n) is 6.26. The SMILES string of the molecule is C=N/C(N)=N\C(C(N)=O)=C(/NCC)c1cc(Cl)ccc1C. The Balaban J connectivity index is 3.62. The molecule has 0 heterocycles. The van der Waals surface area contributed by atoms with Gasteiger partial charge in [0.2, 0.25) is 5.96 Å². The quantitative estimate of drug-likeness (QED) is 0.435. The maximum Gasteiger partial charge on any atom is 0.269 e. The normalized spacial score (nSPS) is 12.6. The molecule has 5 N–H and O–H groups in total. The summed E-state index contributed by atoms with van der Waals surface area (Å²) in [6.45, 7) is 7.60. The van der Waals surface area contributed by atoms with Crippen molar-refractivity contribution in [1.82, 2.24) is 5.32 Å². The number of carbonyl (C=O) groups is 1. The number of hydrogen-bond donors (Lipinski definition) is 3. The van der Waals surface area contributed by atoms with E-state index in [0.29, 0.717) is 17.3 Å². The van der Waals surface area contributed by atoms with E-state index in [2.05, 4.69) is 22.0 Å². The second kappa shape index (κ2) is 7.44. The average Bonchev–Trinajstić information content (AvgIpc) is 2.44. The Bertz CT molecular complexity index is 622. The van der Waals surface area contributed by atoms with Gasteiger partial charge in [0.25, 0.3) is 5.91 Å². The molecule has 0 aliphatic rings. The number of guanidine groups is 1. The van der Waals surface area contributed by atoms with Gasteiger partial charge in [0.15, 0.2) is 5.70 Å². The third-order valence-corrected chi connectivity index (χ3v) is 2.92. The number of aryl methyl sites for hydroxylation is 1. The Morgan fingerprint density at radius 3 is 2.62 bits per heavy atom. The summed E-state index contributed by atoms with van der Waals surface area (Å²) in [6.07, 6.45) is 0. The van der Waals surface area contributed by atoms with E-state index in [4.69, 9.17) is 23.1 Å². The van der Waals surface area contributed by atoms with Crippen LogP contribution in [0, 0.1) is 6.92 Å². The molecule has 0 radical (unpaired) electrons. The minimum Gasteiger partial charge on any atom is -0.383 e. The van der Waals surface area contributed by atoms with E-state index >= 15 is 0 Å². The van der Waals surface area contributed by atoms with E-state index in [1.165, 1.54) is 0 Å². The van der Waals surface area contributed by atoms with E-state index in [0.717, 1.165) is 11.1 Å².